The molecule has 0 saturated heterocycles. The molecule has 0 atom stereocenters. The molecule has 0 aromatic carbocycles. The summed E-state index contributed by atoms with van der Waals surface area (Å²) in [4.78, 5) is 12.5. The third kappa shape index (κ3) is 2.91. The summed E-state index contributed by atoms with van der Waals surface area (Å²) in [6.45, 7) is 2.04. The first-order valence-electron chi connectivity index (χ1n) is 5.47. The van der Waals surface area contributed by atoms with Crippen molar-refractivity contribution in [3.8, 4) is 10.6 Å². The van der Waals surface area contributed by atoms with E-state index in [1.165, 1.54) is 11.3 Å². The molecule has 6 heteroatoms. The number of unbranched alkanes of at least 4 members (excludes halogenated alkanes) is 1. The molecule has 5 nitrogen and oxygen atoms in total. The second-order valence-corrected chi connectivity index (χ2v) is 4.54. The summed E-state index contributed by atoms with van der Waals surface area (Å²) in [6, 6.07) is 3.82. The summed E-state index contributed by atoms with van der Waals surface area (Å²) in [7, 11) is 0. The lowest BCUT2D eigenvalue weighted by Gasteiger charge is -2.00. The maximum Gasteiger partial charge on any atom is 0.225 e. The molecule has 1 amide bonds. The number of carbonyl (C=O) groups excluding carboxylic acids is 1. The van der Waals surface area contributed by atoms with Crippen molar-refractivity contribution in [2.75, 3.05) is 5.32 Å². The van der Waals surface area contributed by atoms with Crippen molar-refractivity contribution >= 4 is 23.1 Å². The van der Waals surface area contributed by atoms with Gasteiger partial charge in [0.05, 0.1) is 4.88 Å². The van der Waals surface area contributed by atoms with Gasteiger partial charge in [0.25, 0.3) is 0 Å². The van der Waals surface area contributed by atoms with Crippen molar-refractivity contribution in [1.29, 1.82) is 0 Å². The molecule has 2 heterocycles. The molecular formula is C11H13N3O2S. The van der Waals surface area contributed by atoms with Gasteiger partial charge >= 0.3 is 0 Å². The molecule has 17 heavy (non-hydrogen) atoms. The first-order valence-corrected chi connectivity index (χ1v) is 6.35. The van der Waals surface area contributed by atoms with Crippen molar-refractivity contribution in [3.63, 3.8) is 0 Å². The predicted molar refractivity (Wildman–Crippen MR) is 65.8 cm³/mol. The Labute approximate surface area is 103 Å². The fourth-order valence-electron chi connectivity index (χ4n) is 1.38. The van der Waals surface area contributed by atoms with E-state index >= 15 is 0 Å². The maximum absolute atomic E-state index is 11.6. The minimum Gasteiger partial charge on any atom is -0.306 e. The Kier molecular flexibility index (Phi) is 3.87. The van der Waals surface area contributed by atoms with Crippen molar-refractivity contribution in [1.82, 2.24) is 10.3 Å². The fraction of sp³-hybridized carbons (Fsp3) is 0.364. The van der Waals surface area contributed by atoms with Crippen LogP contribution in [0.5, 0.6) is 0 Å². The molecule has 2 aromatic rings. The average molecular weight is 251 g/mol. The van der Waals surface area contributed by atoms with Gasteiger partial charge in [-0.25, -0.2) is 4.63 Å². The van der Waals surface area contributed by atoms with Gasteiger partial charge in [-0.1, -0.05) is 19.4 Å². The molecule has 0 fully saturated rings. The van der Waals surface area contributed by atoms with E-state index in [2.05, 4.69) is 20.3 Å². The largest absolute Gasteiger partial charge is 0.306 e. The topological polar surface area (TPSA) is 68.0 Å². The summed E-state index contributed by atoms with van der Waals surface area (Å²) < 4.78 is 4.67. The highest BCUT2D eigenvalue weighted by atomic mass is 32.1. The Morgan fingerprint density at radius 3 is 3.12 bits per heavy atom. The van der Waals surface area contributed by atoms with E-state index in [1.807, 2.05) is 24.4 Å². The molecule has 0 unspecified atom stereocenters. The molecule has 2 aromatic heterocycles. The number of aromatic nitrogens is 2. The van der Waals surface area contributed by atoms with Gasteiger partial charge in [-0.2, -0.15) is 0 Å². The summed E-state index contributed by atoms with van der Waals surface area (Å²) in [5.74, 6) is 0.342. The van der Waals surface area contributed by atoms with E-state index < -0.39 is 0 Å². The first kappa shape index (κ1) is 11.8. The molecule has 0 aliphatic carbocycles. The fourth-order valence-corrected chi connectivity index (χ4v) is 2.08. The summed E-state index contributed by atoms with van der Waals surface area (Å²) >= 11 is 1.53. The second-order valence-electron chi connectivity index (χ2n) is 3.59. The van der Waals surface area contributed by atoms with Crippen LogP contribution in [0.4, 0.5) is 5.82 Å². The Morgan fingerprint density at radius 2 is 2.41 bits per heavy atom. The van der Waals surface area contributed by atoms with Gasteiger partial charge in [-0.15, -0.1) is 11.3 Å². The zero-order valence-corrected chi connectivity index (χ0v) is 10.3. The van der Waals surface area contributed by atoms with Crippen molar-refractivity contribution < 1.29 is 9.42 Å². The predicted octanol–water partition coefficient (Wildman–Crippen LogP) is 2.93. The van der Waals surface area contributed by atoms with Crippen LogP contribution in [0.2, 0.25) is 0 Å². The van der Waals surface area contributed by atoms with E-state index in [0.29, 0.717) is 17.9 Å². The summed E-state index contributed by atoms with van der Waals surface area (Å²) in [5.41, 5.74) is 0.588. The van der Waals surface area contributed by atoms with Gasteiger partial charge in [0.2, 0.25) is 11.7 Å². The molecule has 0 aliphatic heterocycles. The van der Waals surface area contributed by atoms with Gasteiger partial charge < -0.3 is 5.32 Å². The molecule has 0 aliphatic rings. The van der Waals surface area contributed by atoms with Crippen LogP contribution in [0, 0.1) is 0 Å². The lowest BCUT2D eigenvalue weighted by Crippen LogP contribution is -2.11. The minimum absolute atomic E-state index is 0.0552. The minimum atomic E-state index is -0.0552. The zero-order valence-electron chi connectivity index (χ0n) is 9.47. The average Bonchev–Trinajstić information content (AvgIpc) is 2.95. The van der Waals surface area contributed by atoms with Crippen LogP contribution >= 0.6 is 11.3 Å². The molecular weight excluding hydrogens is 238 g/mol. The van der Waals surface area contributed by atoms with Gasteiger partial charge in [-0.05, 0) is 28.2 Å². The highest BCUT2D eigenvalue weighted by Gasteiger charge is 2.15. The molecule has 0 bridgehead atoms. The second kappa shape index (κ2) is 5.58. The van der Waals surface area contributed by atoms with Crippen LogP contribution in [0.3, 0.4) is 0 Å². The maximum atomic E-state index is 11.6. The van der Waals surface area contributed by atoms with Gasteiger partial charge in [-0.3, -0.25) is 4.79 Å². The Morgan fingerprint density at radius 1 is 1.53 bits per heavy atom. The number of nitrogens with zero attached hydrogens (tertiary/aromatic N) is 2. The van der Waals surface area contributed by atoms with Crippen LogP contribution in [0.15, 0.2) is 22.1 Å². The van der Waals surface area contributed by atoms with Crippen LogP contribution in [0.25, 0.3) is 10.6 Å². The van der Waals surface area contributed by atoms with Crippen LogP contribution in [-0.4, -0.2) is 16.2 Å². The Balaban J connectivity index is 2.07. The van der Waals surface area contributed by atoms with E-state index in [-0.39, 0.29) is 5.91 Å². The Hall–Kier alpha value is -1.69. The molecule has 0 spiro atoms. The Bertz CT molecular complexity index is 479. The number of anilines is 1. The lowest BCUT2D eigenvalue weighted by atomic mass is 10.2. The quantitative estimate of drug-likeness (QED) is 0.887. The smallest absolute Gasteiger partial charge is 0.225 e. The molecule has 0 saturated carbocycles. The number of hydrogen-bond donors (Lipinski definition) is 1. The summed E-state index contributed by atoms with van der Waals surface area (Å²) in [6.07, 6.45) is 2.35. The van der Waals surface area contributed by atoms with E-state index in [9.17, 15) is 4.79 Å². The van der Waals surface area contributed by atoms with E-state index in [1.54, 1.807) is 0 Å². The molecule has 2 rings (SSSR count). The highest BCUT2D eigenvalue weighted by Crippen LogP contribution is 2.28. The lowest BCUT2D eigenvalue weighted by molar-refractivity contribution is -0.116. The van der Waals surface area contributed by atoms with Crippen molar-refractivity contribution in [2.24, 2.45) is 0 Å². The highest BCUT2D eigenvalue weighted by molar-refractivity contribution is 7.13. The van der Waals surface area contributed by atoms with Crippen LogP contribution in [0.1, 0.15) is 26.2 Å². The van der Waals surface area contributed by atoms with Gasteiger partial charge in [0, 0.05) is 6.42 Å². The third-order valence-corrected chi connectivity index (χ3v) is 3.13. The number of amides is 1. The SMILES string of the molecule is CCCCC(=O)Nc1nonc1-c1cccs1. The summed E-state index contributed by atoms with van der Waals surface area (Å²) in [5, 5.41) is 12.2. The number of thiophene rings is 1. The van der Waals surface area contributed by atoms with Gasteiger partial charge in [0.1, 0.15) is 0 Å². The van der Waals surface area contributed by atoms with Gasteiger partial charge in [0.15, 0.2) is 5.69 Å². The molecule has 0 radical (unpaired) electrons. The third-order valence-electron chi connectivity index (χ3n) is 2.26. The van der Waals surface area contributed by atoms with Crippen LogP contribution in [-0.2, 0) is 4.79 Å². The van der Waals surface area contributed by atoms with E-state index in [0.717, 1.165) is 17.7 Å². The van der Waals surface area contributed by atoms with Crippen molar-refractivity contribution in [2.45, 2.75) is 26.2 Å². The number of carbonyl (C=O) groups is 1. The standard InChI is InChI=1S/C11H13N3O2S/c1-2-3-6-9(15)12-11-10(13-16-14-11)8-5-4-7-17-8/h4-5,7H,2-3,6H2,1H3,(H,12,14,15). The van der Waals surface area contributed by atoms with Crippen molar-refractivity contribution in [3.05, 3.63) is 17.5 Å². The normalized spacial score (nSPS) is 10.4. The first-order chi connectivity index (χ1) is 8.31. The molecule has 1 N–H and O–H groups in total. The van der Waals surface area contributed by atoms with E-state index in [4.69, 9.17) is 0 Å². The number of nitrogens with one attached hydrogen (secondary N) is 1. The number of rotatable bonds is 5. The molecule has 90 valence electrons. The monoisotopic (exact) mass is 251 g/mol. The number of hydrogen-bond acceptors (Lipinski definition) is 5. The van der Waals surface area contributed by atoms with Crippen LogP contribution < -0.4 is 5.32 Å². The zero-order chi connectivity index (χ0) is 12.1.